The highest BCUT2D eigenvalue weighted by molar-refractivity contribution is 14.1. The minimum Gasteiger partial charge on any atom is -0.297 e. The highest BCUT2D eigenvalue weighted by atomic mass is 127. The van der Waals surface area contributed by atoms with Crippen LogP contribution in [0.15, 0.2) is 48.5 Å². The molecule has 0 unspecified atom stereocenters. The van der Waals surface area contributed by atoms with Crippen molar-refractivity contribution in [1.29, 1.82) is 0 Å². The largest absolute Gasteiger partial charge is 0.297 e. The summed E-state index contributed by atoms with van der Waals surface area (Å²) in [6, 6.07) is 14.6. The Morgan fingerprint density at radius 2 is 1.69 bits per heavy atom. The molecular weight excluding hydrogens is 505 g/mol. The lowest BCUT2D eigenvalue weighted by Crippen LogP contribution is -2.48. The van der Waals surface area contributed by atoms with Crippen molar-refractivity contribution in [2.45, 2.75) is 0 Å². The molecule has 5 nitrogen and oxygen atoms in total. The average Bonchev–Trinajstić information content (AvgIpc) is 2.97. The molecule has 3 rings (SSSR count). The van der Waals surface area contributed by atoms with Gasteiger partial charge in [0.15, 0.2) is 5.11 Å². The predicted octanol–water partition coefficient (Wildman–Crippen LogP) is 4.11. The summed E-state index contributed by atoms with van der Waals surface area (Å²) in [5, 5.41) is 3.68. The molecule has 2 amide bonds. The summed E-state index contributed by atoms with van der Waals surface area (Å²) in [4.78, 5) is 24.9. The number of halogens is 2. The first-order valence-corrected chi connectivity index (χ1v) is 9.98. The third-order valence-electron chi connectivity index (χ3n) is 3.38. The maximum absolute atomic E-state index is 12.4. The molecule has 0 bridgehead atoms. The highest BCUT2D eigenvalue weighted by Crippen LogP contribution is 2.34. The number of hydrazine groups is 1. The smallest absolute Gasteiger partial charge is 0.270 e. The SMILES string of the molecule is O=C(NNC(=S)NC(=O)c1sc2ccccc2c1Cl)c1ccccc1I. The molecule has 0 aliphatic rings. The van der Waals surface area contributed by atoms with Crippen LogP contribution in [0, 0.1) is 3.57 Å². The van der Waals surface area contributed by atoms with Crippen molar-refractivity contribution in [3.63, 3.8) is 0 Å². The molecule has 0 aliphatic carbocycles. The molecule has 0 saturated carbocycles. The summed E-state index contributed by atoms with van der Waals surface area (Å²) < 4.78 is 1.71. The van der Waals surface area contributed by atoms with Gasteiger partial charge in [0, 0.05) is 13.7 Å². The van der Waals surface area contributed by atoms with Crippen LogP contribution in [0.2, 0.25) is 5.02 Å². The van der Waals surface area contributed by atoms with Crippen molar-refractivity contribution >= 4 is 84.8 Å². The van der Waals surface area contributed by atoms with Crippen molar-refractivity contribution in [3.05, 3.63) is 67.6 Å². The van der Waals surface area contributed by atoms with Crippen molar-refractivity contribution in [1.82, 2.24) is 16.2 Å². The maximum atomic E-state index is 12.4. The lowest BCUT2D eigenvalue weighted by molar-refractivity contribution is 0.0934. The molecule has 0 fully saturated rings. The number of carbonyl (C=O) groups is 2. The highest BCUT2D eigenvalue weighted by Gasteiger charge is 2.18. The van der Waals surface area contributed by atoms with E-state index in [0.717, 1.165) is 13.7 Å². The van der Waals surface area contributed by atoms with Crippen LogP contribution in [0.4, 0.5) is 0 Å². The van der Waals surface area contributed by atoms with E-state index in [1.165, 1.54) is 11.3 Å². The Hall–Kier alpha value is -1.75. The first kappa shape index (κ1) is 19.0. The summed E-state index contributed by atoms with van der Waals surface area (Å²) in [6.07, 6.45) is 0. The second-order valence-corrected chi connectivity index (χ2v) is 8.08. The molecule has 0 aliphatic heterocycles. The van der Waals surface area contributed by atoms with Crippen LogP contribution in [-0.4, -0.2) is 16.9 Å². The monoisotopic (exact) mass is 515 g/mol. The van der Waals surface area contributed by atoms with Crippen molar-refractivity contribution in [2.75, 3.05) is 0 Å². The van der Waals surface area contributed by atoms with E-state index in [4.69, 9.17) is 23.8 Å². The molecule has 0 saturated heterocycles. The fourth-order valence-corrected chi connectivity index (χ4v) is 4.37. The summed E-state index contributed by atoms with van der Waals surface area (Å²) in [5.74, 6) is -0.788. The fraction of sp³-hybridized carbons (Fsp3) is 0. The van der Waals surface area contributed by atoms with Crippen molar-refractivity contribution < 1.29 is 9.59 Å². The molecule has 1 aromatic heterocycles. The number of hydrogen-bond acceptors (Lipinski definition) is 4. The van der Waals surface area contributed by atoms with Gasteiger partial charge in [-0.2, -0.15) is 0 Å². The van der Waals surface area contributed by atoms with E-state index < -0.39 is 5.91 Å². The third kappa shape index (κ3) is 4.14. The van der Waals surface area contributed by atoms with Gasteiger partial charge in [-0.25, -0.2) is 0 Å². The zero-order chi connectivity index (χ0) is 18.7. The van der Waals surface area contributed by atoms with Crippen LogP contribution in [0.5, 0.6) is 0 Å². The molecular formula is C17H11ClIN3O2S2. The molecule has 1 heterocycles. The van der Waals surface area contributed by atoms with Gasteiger partial charge in [-0.15, -0.1) is 11.3 Å². The van der Waals surface area contributed by atoms with E-state index in [1.807, 2.05) is 36.4 Å². The quantitative estimate of drug-likeness (QED) is 0.273. The lowest BCUT2D eigenvalue weighted by atomic mass is 10.2. The molecule has 0 spiro atoms. The number of benzene rings is 2. The second kappa shape index (κ2) is 8.30. The topological polar surface area (TPSA) is 70.2 Å². The predicted molar refractivity (Wildman–Crippen MR) is 117 cm³/mol. The fourth-order valence-electron chi connectivity index (χ4n) is 2.18. The van der Waals surface area contributed by atoms with E-state index in [1.54, 1.807) is 12.1 Å². The van der Waals surface area contributed by atoms with Crippen LogP contribution >= 0.6 is 57.7 Å². The van der Waals surface area contributed by atoms with Gasteiger partial charge in [-0.3, -0.25) is 25.8 Å². The molecule has 0 radical (unpaired) electrons. The van der Waals surface area contributed by atoms with Crippen LogP contribution in [0.3, 0.4) is 0 Å². The maximum Gasteiger partial charge on any atom is 0.270 e. The summed E-state index contributed by atoms with van der Waals surface area (Å²) in [6.45, 7) is 0. The first-order valence-electron chi connectivity index (χ1n) is 7.30. The lowest BCUT2D eigenvalue weighted by Gasteiger charge is -2.11. The molecule has 9 heteroatoms. The third-order valence-corrected chi connectivity index (χ3v) is 6.20. The van der Waals surface area contributed by atoms with Gasteiger partial charge in [0.05, 0.1) is 10.6 Å². The number of thiophene rings is 1. The van der Waals surface area contributed by atoms with Gasteiger partial charge >= 0.3 is 0 Å². The zero-order valence-electron chi connectivity index (χ0n) is 13.0. The number of fused-ring (bicyclic) bond motifs is 1. The average molecular weight is 516 g/mol. The molecule has 3 aromatic rings. The molecule has 2 aromatic carbocycles. The van der Waals surface area contributed by atoms with Gasteiger partial charge in [0.1, 0.15) is 4.88 Å². The van der Waals surface area contributed by atoms with Crippen LogP contribution in [0.25, 0.3) is 10.1 Å². The van der Waals surface area contributed by atoms with E-state index in [0.29, 0.717) is 15.5 Å². The van der Waals surface area contributed by atoms with Gasteiger partial charge in [0.2, 0.25) is 0 Å². The van der Waals surface area contributed by atoms with E-state index in [2.05, 4.69) is 38.8 Å². The Kier molecular flexibility index (Phi) is 6.07. The van der Waals surface area contributed by atoms with Gasteiger partial charge in [-0.1, -0.05) is 41.9 Å². The Bertz CT molecular complexity index is 1020. The van der Waals surface area contributed by atoms with Crippen molar-refractivity contribution in [2.24, 2.45) is 0 Å². The van der Waals surface area contributed by atoms with E-state index in [9.17, 15) is 9.59 Å². The Morgan fingerprint density at radius 1 is 1.00 bits per heavy atom. The number of amides is 2. The minimum absolute atomic E-state index is 0.0252. The van der Waals surface area contributed by atoms with Crippen LogP contribution in [-0.2, 0) is 0 Å². The van der Waals surface area contributed by atoms with E-state index >= 15 is 0 Å². The van der Waals surface area contributed by atoms with Gasteiger partial charge < -0.3 is 0 Å². The van der Waals surface area contributed by atoms with Crippen LogP contribution < -0.4 is 16.2 Å². The Balaban J connectivity index is 1.62. The van der Waals surface area contributed by atoms with Crippen LogP contribution in [0.1, 0.15) is 20.0 Å². The standard InChI is InChI=1S/C17H11ClIN3O2S2/c18-13-10-6-2-4-8-12(10)26-14(13)16(24)20-17(25)22-21-15(23)9-5-1-3-7-11(9)19/h1-8H,(H,21,23)(H2,20,22,24,25). The van der Waals surface area contributed by atoms with Crippen molar-refractivity contribution in [3.8, 4) is 0 Å². The normalized spacial score (nSPS) is 10.4. The molecule has 132 valence electrons. The Morgan fingerprint density at radius 3 is 2.42 bits per heavy atom. The number of thiocarbonyl (C=S) groups is 1. The summed E-state index contributed by atoms with van der Waals surface area (Å²) in [5.41, 5.74) is 5.48. The zero-order valence-corrected chi connectivity index (χ0v) is 17.6. The second-order valence-electron chi connectivity index (χ2n) is 5.08. The van der Waals surface area contributed by atoms with E-state index in [-0.39, 0.29) is 11.0 Å². The summed E-state index contributed by atoms with van der Waals surface area (Å²) >= 11 is 14.7. The number of hydrogen-bond donors (Lipinski definition) is 3. The minimum atomic E-state index is -0.433. The number of nitrogens with one attached hydrogen (secondary N) is 3. The number of rotatable bonds is 2. The summed E-state index contributed by atoms with van der Waals surface area (Å²) in [7, 11) is 0. The molecule has 3 N–H and O–H groups in total. The number of carbonyl (C=O) groups excluding carboxylic acids is 2. The molecule has 26 heavy (non-hydrogen) atoms. The molecule has 0 atom stereocenters. The Labute approximate surface area is 177 Å². The van der Waals surface area contributed by atoms with Gasteiger partial charge in [-0.05, 0) is 53.0 Å². The van der Waals surface area contributed by atoms with Gasteiger partial charge in [0.25, 0.3) is 11.8 Å². The first-order chi connectivity index (χ1) is 12.5.